The molecule has 6 nitrogen and oxygen atoms in total. The van der Waals surface area contributed by atoms with Crippen LogP contribution >= 0.6 is 11.8 Å². The van der Waals surface area contributed by atoms with Gasteiger partial charge in [-0.25, -0.2) is 9.50 Å². The van der Waals surface area contributed by atoms with Gasteiger partial charge in [0.05, 0.1) is 28.7 Å². The highest BCUT2D eigenvalue weighted by atomic mass is 32.2. The average molecular weight is 428 g/mol. The second kappa shape index (κ2) is 9.02. The number of nitriles is 1. The second-order valence-corrected chi connectivity index (χ2v) is 8.04. The lowest BCUT2D eigenvalue weighted by Gasteiger charge is -2.19. The molecule has 0 atom stereocenters. The normalized spacial score (nSPS) is 10.7. The fourth-order valence-corrected chi connectivity index (χ4v) is 4.32. The third-order valence-electron chi connectivity index (χ3n) is 4.85. The van der Waals surface area contributed by atoms with Gasteiger partial charge in [-0.3, -0.25) is 9.69 Å². The van der Waals surface area contributed by atoms with Gasteiger partial charge >= 0.3 is 0 Å². The van der Waals surface area contributed by atoms with E-state index in [2.05, 4.69) is 11.2 Å². The van der Waals surface area contributed by atoms with E-state index < -0.39 is 0 Å². The number of carbonyl (C=O) groups is 1. The van der Waals surface area contributed by atoms with Gasteiger partial charge in [0.2, 0.25) is 5.91 Å². The quantitative estimate of drug-likeness (QED) is 0.330. The second-order valence-electron chi connectivity index (χ2n) is 7.10. The first-order valence-electron chi connectivity index (χ1n) is 9.86. The van der Waals surface area contributed by atoms with Crippen molar-refractivity contribution in [1.29, 1.82) is 5.26 Å². The zero-order valence-electron chi connectivity index (χ0n) is 17.3. The molecule has 0 fully saturated rings. The summed E-state index contributed by atoms with van der Waals surface area (Å²) in [7, 11) is 0. The first kappa shape index (κ1) is 20.6. The summed E-state index contributed by atoms with van der Waals surface area (Å²) in [4.78, 5) is 19.3. The molecule has 0 unspecified atom stereocenters. The number of anilines is 1. The number of aryl methyl sites for hydroxylation is 2. The van der Waals surface area contributed by atoms with Crippen molar-refractivity contribution < 1.29 is 4.79 Å². The topological polar surface area (TPSA) is 74.3 Å². The van der Waals surface area contributed by atoms with Gasteiger partial charge in [-0.15, -0.1) is 0 Å². The van der Waals surface area contributed by atoms with Crippen LogP contribution in [0.25, 0.3) is 16.8 Å². The summed E-state index contributed by atoms with van der Waals surface area (Å²) in [6.07, 6.45) is 0. The molecule has 154 valence electrons. The Kier molecular flexibility index (Phi) is 6.01. The van der Waals surface area contributed by atoms with Crippen LogP contribution in [0.5, 0.6) is 0 Å². The van der Waals surface area contributed by atoms with E-state index in [-0.39, 0.29) is 18.2 Å². The van der Waals surface area contributed by atoms with Gasteiger partial charge in [0.15, 0.2) is 5.16 Å². The van der Waals surface area contributed by atoms with Crippen molar-refractivity contribution in [3.63, 3.8) is 0 Å². The number of fused-ring (bicyclic) bond motifs is 1. The van der Waals surface area contributed by atoms with Gasteiger partial charge in [0, 0.05) is 11.3 Å². The smallest absolute Gasteiger partial charge is 0.238 e. The highest BCUT2D eigenvalue weighted by molar-refractivity contribution is 7.99. The minimum absolute atomic E-state index is 0.00251. The monoisotopic (exact) mass is 427 g/mol. The Morgan fingerprint density at radius 3 is 2.45 bits per heavy atom. The summed E-state index contributed by atoms with van der Waals surface area (Å²) in [5, 5.41) is 14.5. The van der Waals surface area contributed by atoms with Crippen LogP contribution in [0.4, 0.5) is 5.69 Å². The van der Waals surface area contributed by atoms with Gasteiger partial charge in [0.25, 0.3) is 0 Å². The lowest BCUT2D eigenvalue weighted by Crippen LogP contribution is -2.32. The number of thioether (sulfide) groups is 1. The Labute approximate surface area is 185 Å². The van der Waals surface area contributed by atoms with Crippen LogP contribution in [0.3, 0.4) is 0 Å². The molecule has 7 heteroatoms. The maximum atomic E-state index is 13.0. The van der Waals surface area contributed by atoms with Crippen LogP contribution in [-0.2, 0) is 4.79 Å². The third kappa shape index (κ3) is 4.30. The Hall–Kier alpha value is -3.63. The minimum atomic E-state index is -0.153. The summed E-state index contributed by atoms with van der Waals surface area (Å²) in [5.74, 6) is -0.00128. The van der Waals surface area contributed by atoms with E-state index in [9.17, 15) is 10.1 Å². The first-order valence-corrected chi connectivity index (χ1v) is 10.8. The van der Waals surface area contributed by atoms with E-state index >= 15 is 0 Å². The molecule has 0 bridgehead atoms. The van der Waals surface area contributed by atoms with E-state index in [1.807, 2.05) is 85.1 Å². The van der Waals surface area contributed by atoms with Crippen LogP contribution in [0.2, 0.25) is 0 Å². The number of aromatic nitrogens is 3. The van der Waals surface area contributed by atoms with Crippen LogP contribution in [0.1, 0.15) is 11.3 Å². The first-order chi connectivity index (χ1) is 15.1. The molecule has 2 heterocycles. The number of rotatable bonds is 6. The number of amides is 1. The van der Waals surface area contributed by atoms with Gasteiger partial charge in [-0.2, -0.15) is 10.4 Å². The highest BCUT2D eigenvalue weighted by Crippen LogP contribution is 2.31. The predicted octanol–water partition coefficient (Wildman–Crippen LogP) is 4.66. The number of benzene rings is 2. The molecule has 2 aromatic carbocycles. The van der Waals surface area contributed by atoms with Crippen molar-refractivity contribution in [2.45, 2.75) is 19.0 Å². The fourth-order valence-electron chi connectivity index (χ4n) is 3.50. The minimum Gasteiger partial charge on any atom is -0.298 e. The summed E-state index contributed by atoms with van der Waals surface area (Å²) >= 11 is 1.33. The number of hydrogen-bond donors (Lipinski definition) is 0. The van der Waals surface area contributed by atoms with Crippen molar-refractivity contribution in [3.05, 3.63) is 78.0 Å². The molecule has 0 saturated carbocycles. The molecule has 0 spiro atoms. The maximum Gasteiger partial charge on any atom is 0.238 e. The fraction of sp³-hybridized carbons (Fsp3) is 0.167. The maximum absolute atomic E-state index is 13.0. The van der Waals surface area contributed by atoms with Gasteiger partial charge < -0.3 is 0 Å². The van der Waals surface area contributed by atoms with E-state index in [1.54, 1.807) is 0 Å². The summed E-state index contributed by atoms with van der Waals surface area (Å²) < 4.78 is 1.82. The molecule has 4 rings (SSSR count). The van der Waals surface area contributed by atoms with Crippen LogP contribution < -0.4 is 4.90 Å². The summed E-state index contributed by atoms with van der Waals surface area (Å²) in [6, 6.07) is 23.3. The van der Waals surface area contributed by atoms with Crippen LogP contribution in [-0.4, -0.2) is 32.8 Å². The molecule has 4 aromatic rings. The molecular weight excluding hydrogens is 406 g/mol. The molecule has 0 N–H and O–H groups in total. The number of para-hydroxylation sites is 1. The van der Waals surface area contributed by atoms with Crippen molar-refractivity contribution in [1.82, 2.24) is 14.6 Å². The number of carbonyl (C=O) groups excluding carboxylic acids is 1. The third-order valence-corrected chi connectivity index (χ3v) is 5.76. The van der Waals surface area contributed by atoms with Crippen molar-refractivity contribution >= 4 is 28.9 Å². The lowest BCUT2D eigenvalue weighted by molar-refractivity contribution is -0.116. The Bertz CT molecular complexity index is 1260. The van der Waals surface area contributed by atoms with Gasteiger partial charge in [-0.1, -0.05) is 60.3 Å². The average Bonchev–Trinajstić information content (AvgIpc) is 3.15. The van der Waals surface area contributed by atoms with Crippen LogP contribution in [0, 0.1) is 25.2 Å². The molecular formula is C24H21N5OS. The largest absolute Gasteiger partial charge is 0.298 e. The zero-order chi connectivity index (χ0) is 21.8. The molecule has 0 saturated heterocycles. The SMILES string of the molecule is Cc1cc(C)c2c(-c3ccccc3)nc(SCC(=O)N(CC#N)c3ccccc3)n2n1. The van der Waals surface area contributed by atoms with Crippen LogP contribution in [0.15, 0.2) is 71.9 Å². The molecule has 1 amide bonds. The Morgan fingerprint density at radius 1 is 1.10 bits per heavy atom. The number of imidazole rings is 1. The standard InChI is InChI=1S/C24H21N5OS/c1-17-15-18(2)27-29-23(17)22(19-9-5-3-6-10-19)26-24(29)31-16-21(30)28(14-13-25)20-11-7-4-8-12-20/h3-12,15H,14,16H2,1-2H3. The van der Waals surface area contributed by atoms with Crippen molar-refractivity contribution in [2.75, 3.05) is 17.2 Å². The van der Waals surface area contributed by atoms with E-state index in [4.69, 9.17) is 4.98 Å². The van der Waals surface area contributed by atoms with Crippen molar-refractivity contribution in [2.24, 2.45) is 0 Å². The molecule has 0 aliphatic heterocycles. The Balaban J connectivity index is 1.67. The summed E-state index contributed by atoms with van der Waals surface area (Å²) in [5.41, 5.74) is 5.44. The predicted molar refractivity (Wildman–Crippen MR) is 123 cm³/mol. The molecule has 0 radical (unpaired) electrons. The molecule has 2 aromatic heterocycles. The van der Waals surface area contributed by atoms with Crippen molar-refractivity contribution in [3.8, 4) is 17.3 Å². The Morgan fingerprint density at radius 2 is 1.77 bits per heavy atom. The molecule has 31 heavy (non-hydrogen) atoms. The van der Waals surface area contributed by atoms with Gasteiger partial charge in [0.1, 0.15) is 6.54 Å². The molecule has 0 aliphatic rings. The van der Waals surface area contributed by atoms with Gasteiger partial charge in [-0.05, 0) is 37.6 Å². The van der Waals surface area contributed by atoms with E-state index in [0.717, 1.165) is 28.0 Å². The number of nitrogens with zero attached hydrogens (tertiary/aromatic N) is 5. The lowest BCUT2D eigenvalue weighted by atomic mass is 10.1. The summed E-state index contributed by atoms with van der Waals surface area (Å²) in [6.45, 7) is 3.98. The van der Waals surface area contributed by atoms with E-state index in [1.165, 1.54) is 16.7 Å². The highest BCUT2D eigenvalue weighted by Gasteiger charge is 2.20. The van der Waals surface area contributed by atoms with E-state index in [0.29, 0.717) is 10.8 Å². The number of hydrogen-bond acceptors (Lipinski definition) is 5. The zero-order valence-corrected chi connectivity index (χ0v) is 18.1. The molecule has 0 aliphatic carbocycles.